The third kappa shape index (κ3) is 6.84. The minimum atomic E-state index is -0.552. The van der Waals surface area contributed by atoms with Gasteiger partial charge in [0.1, 0.15) is 17.1 Å². The molecule has 0 atom stereocenters. The lowest BCUT2D eigenvalue weighted by Crippen LogP contribution is -2.47. The molecule has 1 aliphatic rings. The van der Waals surface area contributed by atoms with Gasteiger partial charge in [0.25, 0.3) is 11.5 Å². The van der Waals surface area contributed by atoms with Crippen molar-refractivity contribution in [2.45, 2.75) is 51.8 Å². The van der Waals surface area contributed by atoms with E-state index in [1.165, 1.54) is 15.9 Å². The SMILES string of the molecule is COc1cc(-c2cn(C)c(=O)c3cc(C(=O)NC4CCN(C(=O)OC(C)(C)C)CC4)sc23)cc(OC)c1CN(C)C. The Labute approximate surface area is 244 Å². The number of carbonyl (C=O) groups is 2. The second kappa shape index (κ2) is 12.1. The fraction of sp³-hybridized carbons (Fsp3) is 0.500. The summed E-state index contributed by atoms with van der Waals surface area (Å²) >= 11 is 1.29. The van der Waals surface area contributed by atoms with Crippen LogP contribution >= 0.6 is 11.3 Å². The molecule has 1 aromatic carbocycles. The summed E-state index contributed by atoms with van der Waals surface area (Å²) < 4.78 is 19.2. The number of piperidine rings is 1. The molecule has 11 heteroatoms. The molecule has 1 N–H and O–H groups in total. The lowest BCUT2D eigenvalue weighted by atomic mass is 10.0. The zero-order chi connectivity index (χ0) is 30.1. The number of hydrogen-bond donors (Lipinski definition) is 1. The van der Waals surface area contributed by atoms with E-state index in [1.807, 2.05) is 51.9 Å². The van der Waals surface area contributed by atoms with Gasteiger partial charge in [-0.2, -0.15) is 0 Å². The number of fused-ring (bicyclic) bond motifs is 1. The van der Waals surface area contributed by atoms with Crippen molar-refractivity contribution in [3.8, 4) is 22.6 Å². The third-order valence-electron chi connectivity index (χ3n) is 6.95. The van der Waals surface area contributed by atoms with Crippen LogP contribution in [0.5, 0.6) is 11.5 Å². The van der Waals surface area contributed by atoms with Gasteiger partial charge in [-0.05, 0) is 71.5 Å². The highest BCUT2D eigenvalue weighted by Gasteiger charge is 2.28. The molecular weight excluding hydrogens is 544 g/mol. The third-order valence-corrected chi connectivity index (χ3v) is 8.12. The van der Waals surface area contributed by atoms with E-state index < -0.39 is 5.60 Å². The zero-order valence-corrected chi connectivity index (χ0v) is 25.9. The second-order valence-electron chi connectivity index (χ2n) is 11.6. The number of carbonyl (C=O) groups excluding carboxylic acids is 2. The van der Waals surface area contributed by atoms with Crippen molar-refractivity contribution >= 4 is 33.4 Å². The molecule has 0 saturated carbocycles. The normalized spacial score (nSPS) is 14.4. The number of pyridine rings is 1. The molecule has 1 aliphatic heterocycles. The van der Waals surface area contributed by atoms with E-state index in [0.29, 0.717) is 54.2 Å². The fourth-order valence-corrected chi connectivity index (χ4v) is 6.05. The molecule has 222 valence electrons. The van der Waals surface area contributed by atoms with Gasteiger partial charge in [0, 0.05) is 49.2 Å². The molecule has 41 heavy (non-hydrogen) atoms. The minimum Gasteiger partial charge on any atom is -0.496 e. The molecule has 0 bridgehead atoms. The van der Waals surface area contributed by atoms with Crippen molar-refractivity contribution in [3.63, 3.8) is 0 Å². The highest BCUT2D eigenvalue weighted by Crippen LogP contribution is 2.39. The fourth-order valence-electron chi connectivity index (χ4n) is 4.97. The summed E-state index contributed by atoms with van der Waals surface area (Å²) in [6.45, 7) is 7.17. The van der Waals surface area contributed by atoms with Crippen molar-refractivity contribution in [1.82, 2.24) is 19.7 Å². The Morgan fingerprint density at radius 3 is 2.22 bits per heavy atom. The predicted octanol–water partition coefficient (Wildman–Crippen LogP) is 4.48. The summed E-state index contributed by atoms with van der Waals surface area (Å²) in [5, 5.41) is 3.58. The highest BCUT2D eigenvalue weighted by atomic mass is 32.1. The van der Waals surface area contributed by atoms with Gasteiger partial charge in [-0.1, -0.05) is 0 Å². The molecule has 0 radical (unpaired) electrons. The number of likely N-dealkylation sites (tertiary alicyclic amines) is 1. The molecule has 4 rings (SSSR count). The molecule has 2 amide bonds. The maximum atomic E-state index is 13.3. The Bertz CT molecular complexity index is 1470. The Morgan fingerprint density at radius 1 is 1.07 bits per heavy atom. The van der Waals surface area contributed by atoms with Crippen LogP contribution in [0.1, 0.15) is 48.8 Å². The lowest BCUT2D eigenvalue weighted by molar-refractivity contribution is 0.0199. The summed E-state index contributed by atoms with van der Waals surface area (Å²) in [4.78, 5) is 43.0. The average molecular weight is 585 g/mol. The summed E-state index contributed by atoms with van der Waals surface area (Å²) in [5.41, 5.74) is 1.83. The minimum absolute atomic E-state index is 0.0773. The first-order valence-electron chi connectivity index (χ1n) is 13.6. The van der Waals surface area contributed by atoms with Crippen LogP contribution in [-0.4, -0.2) is 79.4 Å². The van der Waals surface area contributed by atoms with Crippen LogP contribution in [0.4, 0.5) is 4.79 Å². The van der Waals surface area contributed by atoms with Gasteiger partial charge in [0.2, 0.25) is 0 Å². The predicted molar refractivity (Wildman–Crippen MR) is 161 cm³/mol. The van der Waals surface area contributed by atoms with Crippen molar-refractivity contribution in [1.29, 1.82) is 0 Å². The zero-order valence-electron chi connectivity index (χ0n) is 25.1. The molecule has 0 aliphatic carbocycles. The van der Waals surface area contributed by atoms with E-state index in [1.54, 1.807) is 38.4 Å². The van der Waals surface area contributed by atoms with Crippen LogP contribution in [0.15, 0.2) is 29.2 Å². The number of thiophene rings is 1. The molecule has 2 aromatic heterocycles. The Hall–Kier alpha value is -3.57. The number of aryl methyl sites for hydroxylation is 1. The molecule has 10 nitrogen and oxygen atoms in total. The van der Waals surface area contributed by atoms with E-state index in [9.17, 15) is 14.4 Å². The Morgan fingerprint density at radius 2 is 1.68 bits per heavy atom. The largest absolute Gasteiger partial charge is 0.496 e. The number of aromatic nitrogens is 1. The number of benzene rings is 1. The first kappa shape index (κ1) is 30.4. The van der Waals surface area contributed by atoms with Crippen molar-refractivity contribution < 1.29 is 23.8 Å². The average Bonchev–Trinajstić information content (AvgIpc) is 3.36. The quantitative estimate of drug-likeness (QED) is 0.437. The molecule has 0 spiro atoms. The summed E-state index contributed by atoms with van der Waals surface area (Å²) in [7, 11) is 8.91. The van der Waals surface area contributed by atoms with Gasteiger partial charge in [0.15, 0.2) is 0 Å². The number of nitrogens with zero attached hydrogens (tertiary/aromatic N) is 3. The number of rotatable bonds is 7. The van der Waals surface area contributed by atoms with Gasteiger partial charge in [-0.15, -0.1) is 11.3 Å². The van der Waals surface area contributed by atoms with Gasteiger partial charge >= 0.3 is 6.09 Å². The number of amides is 2. The monoisotopic (exact) mass is 584 g/mol. The molecule has 3 heterocycles. The van der Waals surface area contributed by atoms with Gasteiger partial charge in [0.05, 0.1) is 30.0 Å². The Balaban J connectivity index is 1.60. The van der Waals surface area contributed by atoms with Gasteiger partial charge in [-0.3, -0.25) is 9.59 Å². The number of ether oxygens (including phenoxy) is 3. The van der Waals surface area contributed by atoms with E-state index in [-0.39, 0.29) is 23.6 Å². The molecule has 3 aromatic rings. The molecule has 1 fully saturated rings. The molecule has 1 saturated heterocycles. The number of nitrogens with one attached hydrogen (secondary N) is 1. The van der Waals surface area contributed by atoms with Crippen molar-refractivity contribution in [3.05, 3.63) is 45.2 Å². The summed E-state index contributed by atoms with van der Waals surface area (Å²) in [6, 6.07) is 5.48. The van der Waals surface area contributed by atoms with Crippen LogP contribution in [0.2, 0.25) is 0 Å². The van der Waals surface area contributed by atoms with Crippen LogP contribution in [0.3, 0.4) is 0 Å². The van der Waals surface area contributed by atoms with Crippen molar-refractivity contribution in [2.75, 3.05) is 41.4 Å². The maximum Gasteiger partial charge on any atom is 0.410 e. The highest BCUT2D eigenvalue weighted by molar-refractivity contribution is 7.21. The van der Waals surface area contributed by atoms with Gasteiger partial charge in [-0.25, -0.2) is 4.79 Å². The van der Waals surface area contributed by atoms with Gasteiger partial charge < -0.3 is 33.9 Å². The second-order valence-corrected chi connectivity index (χ2v) is 12.7. The molecular formula is C30H40N4O6S. The van der Waals surface area contributed by atoms with E-state index in [0.717, 1.165) is 21.4 Å². The topological polar surface area (TPSA) is 102 Å². The summed E-state index contributed by atoms with van der Waals surface area (Å²) in [5.74, 6) is 1.14. The van der Waals surface area contributed by atoms with E-state index >= 15 is 0 Å². The maximum absolute atomic E-state index is 13.3. The van der Waals surface area contributed by atoms with E-state index in [4.69, 9.17) is 14.2 Å². The lowest BCUT2D eigenvalue weighted by Gasteiger charge is -2.33. The smallest absolute Gasteiger partial charge is 0.410 e. The van der Waals surface area contributed by atoms with E-state index in [2.05, 4.69) is 5.32 Å². The van der Waals surface area contributed by atoms with Crippen LogP contribution < -0.4 is 20.3 Å². The Kier molecular flexibility index (Phi) is 8.98. The number of hydrogen-bond acceptors (Lipinski definition) is 8. The van der Waals surface area contributed by atoms with Crippen LogP contribution in [0, 0.1) is 0 Å². The summed E-state index contributed by atoms with van der Waals surface area (Å²) in [6.07, 6.45) is 2.71. The van der Waals surface area contributed by atoms with Crippen LogP contribution in [-0.2, 0) is 18.3 Å². The molecule has 0 unspecified atom stereocenters. The standard InChI is InChI=1S/C30H40N4O6S/c1-30(2,3)40-29(37)34-11-9-19(10-12-34)31-27(35)25-15-20-26(41-25)21(17-33(6)28(20)36)18-13-23(38-7)22(16-32(4)5)24(14-18)39-8/h13-15,17,19H,9-12,16H2,1-8H3,(H,31,35). The van der Waals surface area contributed by atoms with Crippen LogP contribution in [0.25, 0.3) is 21.2 Å². The number of methoxy groups -OCH3 is 2. The first-order valence-corrected chi connectivity index (χ1v) is 14.4. The first-order chi connectivity index (χ1) is 19.3. The van der Waals surface area contributed by atoms with Crippen molar-refractivity contribution in [2.24, 2.45) is 7.05 Å².